The lowest BCUT2D eigenvalue weighted by atomic mass is 10.1. The number of hydrogen-bond acceptors (Lipinski definition) is 4. The molecule has 1 atom stereocenters. The Kier molecular flexibility index (Phi) is 6.40. The molecular formula is C21H27N3O2S. The van der Waals surface area contributed by atoms with Gasteiger partial charge in [-0.2, -0.15) is 0 Å². The molecule has 0 unspecified atom stereocenters. The van der Waals surface area contributed by atoms with Gasteiger partial charge in [-0.25, -0.2) is 0 Å². The van der Waals surface area contributed by atoms with Crippen LogP contribution in [-0.2, 0) is 0 Å². The fourth-order valence-electron chi connectivity index (χ4n) is 3.29. The molecule has 2 N–H and O–H groups in total. The van der Waals surface area contributed by atoms with Crippen molar-refractivity contribution in [1.82, 2.24) is 5.32 Å². The maximum Gasteiger partial charge on any atom is 0.171 e. The van der Waals surface area contributed by atoms with Crippen LogP contribution in [0.2, 0.25) is 0 Å². The Morgan fingerprint density at radius 3 is 2.37 bits per heavy atom. The maximum absolute atomic E-state index is 5.48. The Bertz CT molecular complexity index is 773. The molecule has 1 saturated heterocycles. The van der Waals surface area contributed by atoms with Crippen LogP contribution < -0.4 is 25.0 Å². The van der Waals surface area contributed by atoms with E-state index >= 15 is 0 Å². The van der Waals surface area contributed by atoms with Crippen molar-refractivity contribution in [2.45, 2.75) is 25.8 Å². The molecule has 1 heterocycles. The predicted octanol–water partition coefficient (Wildman–Crippen LogP) is 4.35. The third kappa shape index (κ3) is 4.83. The van der Waals surface area contributed by atoms with Crippen molar-refractivity contribution in [3.8, 4) is 11.5 Å². The third-order valence-corrected chi connectivity index (χ3v) is 5.09. The molecule has 3 rings (SSSR count). The minimum absolute atomic E-state index is 0.0990. The van der Waals surface area contributed by atoms with Crippen molar-refractivity contribution in [3.05, 3.63) is 48.0 Å². The third-order valence-electron chi connectivity index (χ3n) is 4.87. The molecule has 1 aliphatic rings. The van der Waals surface area contributed by atoms with Crippen LogP contribution in [0.1, 0.15) is 31.4 Å². The second-order valence-corrected chi connectivity index (χ2v) is 7.08. The Balaban J connectivity index is 1.60. The van der Waals surface area contributed by atoms with Crippen molar-refractivity contribution in [1.29, 1.82) is 0 Å². The molecule has 0 spiro atoms. The van der Waals surface area contributed by atoms with Gasteiger partial charge in [-0.05, 0) is 61.8 Å². The second-order valence-electron chi connectivity index (χ2n) is 6.67. The van der Waals surface area contributed by atoms with Crippen LogP contribution in [0.15, 0.2) is 42.5 Å². The quantitative estimate of drug-likeness (QED) is 0.721. The van der Waals surface area contributed by atoms with E-state index in [9.17, 15) is 0 Å². The van der Waals surface area contributed by atoms with E-state index in [1.165, 1.54) is 24.1 Å². The minimum Gasteiger partial charge on any atom is -0.497 e. The van der Waals surface area contributed by atoms with Crippen molar-refractivity contribution in [3.63, 3.8) is 0 Å². The van der Waals surface area contributed by atoms with Crippen molar-refractivity contribution in [2.75, 3.05) is 37.5 Å². The molecule has 0 amide bonds. The van der Waals surface area contributed by atoms with Crippen molar-refractivity contribution in [2.24, 2.45) is 0 Å². The van der Waals surface area contributed by atoms with Crippen LogP contribution in [0, 0.1) is 0 Å². The number of nitrogens with one attached hydrogen (secondary N) is 2. The van der Waals surface area contributed by atoms with E-state index in [0.29, 0.717) is 10.9 Å². The zero-order valence-electron chi connectivity index (χ0n) is 16.1. The highest BCUT2D eigenvalue weighted by Crippen LogP contribution is 2.29. The van der Waals surface area contributed by atoms with Crippen LogP contribution in [-0.4, -0.2) is 32.4 Å². The molecule has 0 aliphatic carbocycles. The summed E-state index contributed by atoms with van der Waals surface area (Å²) < 4.78 is 10.6. The van der Waals surface area contributed by atoms with Gasteiger partial charge >= 0.3 is 0 Å². The number of thiocarbonyl (C=S) groups is 1. The van der Waals surface area contributed by atoms with Gasteiger partial charge in [0.1, 0.15) is 11.5 Å². The molecule has 144 valence electrons. The molecule has 27 heavy (non-hydrogen) atoms. The summed E-state index contributed by atoms with van der Waals surface area (Å²) in [5, 5.41) is 7.09. The first-order valence-corrected chi connectivity index (χ1v) is 9.66. The minimum atomic E-state index is 0.0990. The lowest BCUT2D eigenvalue weighted by molar-refractivity contribution is 0.395. The molecule has 0 aromatic heterocycles. The van der Waals surface area contributed by atoms with E-state index in [-0.39, 0.29) is 6.04 Å². The number of rotatable bonds is 6. The largest absolute Gasteiger partial charge is 0.497 e. The predicted molar refractivity (Wildman–Crippen MR) is 115 cm³/mol. The van der Waals surface area contributed by atoms with Gasteiger partial charge in [-0.15, -0.1) is 0 Å². The Labute approximate surface area is 166 Å². The van der Waals surface area contributed by atoms with Crippen molar-refractivity contribution >= 4 is 28.7 Å². The number of methoxy groups -OCH3 is 2. The summed E-state index contributed by atoms with van der Waals surface area (Å²) in [6.45, 7) is 4.42. The molecule has 0 radical (unpaired) electrons. The SMILES string of the molecule is COc1ccc(NC(=S)N[C@@H](C)c2ccc(N3CCCC3)cc2)c(OC)c1. The summed E-state index contributed by atoms with van der Waals surface area (Å²) in [5.74, 6) is 1.42. The lowest BCUT2D eigenvalue weighted by Gasteiger charge is -2.21. The molecule has 0 bridgehead atoms. The van der Waals surface area contributed by atoms with Gasteiger partial charge in [0.25, 0.3) is 0 Å². The van der Waals surface area contributed by atoms with Gasteiger partial charge in [-0.1, -0.05) is 12.1 Å². The smallest absolute Gasteiger partial charge is 0.171 e. The Hall–Kier alpha value is -2.47. The first-order valence-electron chi connectivity index (χ1n) is 9.25. The zero-order chi connectivity index (χ0) is 19.2. The number of nitrogens with zero attached hydrogens (tertiary/aromatic N) is 1. The summed E-state index contributed by atoms with van der Waals surface area (Å²) in [7, 11) is 3.26. The first kappa shape index (κ1) is 19.3. The fraction of sp³-hybridized carbons (Fsp3) is 0.381. The number of benzene rings is 2. The highest BCUT2D eigenvalue weighted by atomic mass is 32.1. The summed E-state index contributed by atoms with van der Waals surface area (Å²) >= 11 is 5.48. The number of hydrogen-bond donors (Lipinski definition) is 2. The topological polar surface area (TPSA) is 45.8 Å². The summed E-state index contributed by atoms with van der Waals surface area (Å²) in [4.78, 5) is 2.43. The van der Waals surface area contributed by atoms with Crippen LogP contribution in [0.4, 0.5) is 11.4 Å². The average Bonchev–Trinajstić information content (AvgIpc) is 3.23. The van der Waals surface area contributed by atoms with Crippen LogP contribution in [0.25, 0.3) is 0 Å². The van der Waals surface area contributed by atoms with Crippen LogP contribution in [0.5, 0.6) is 11.5 Å². The Morgan fingerprint density at radius 2 is 1.74 bits per heavy atom. The van der Waals surface area contributed by atoms with E-state index in [1.54, 1.807) is 14.2 Å². The highest BCUT2D eigenvalue weighted by Gasteiger charge is 2.14. The van der Waals surface area contributed by atoms with Gasteiger partial charge in [-0.3, -0.25) is 0 Å². The van der Waals surface area contributed by atoms with Crippen LogP contribution in [0.3, 0.4) is 0 Å². The standard InChI is InChI=1S/C21H27N3O2S/c1-15(16-6-8-17(9-7-16)24-12-4-5-13-24)22-21(27)23-19-11-10-18(25-2)14-20(19)26-3/h6-11,14-15H,4-5,12-13H2,1-3H3,(H2,22,23,27)/t15-/m0/s1. The van der Waals surface area contributed by atoms with E-state index in [0.717, 1.165) is 24.5 Å². The summed E-state index contributed by atoms with van der Waals surface area (Å²) in [6.07, 6.45) is 2.57. The maximum atomic E-state index is 5.48. The van der Waals surface area contributed by atoms with E-state index in [2.05, 4.69) is 46.7 Å². The van der Waals surface area contributed by atoms with Gasteiger partial charge < -0.3 is 25.0 Å². The molecular weight excluding hydrogens is 358 g/mol. The molecule has 1 fully saturated rings. The van der Waals surface area contributed by atoms with E-state index < -0.39 is 0 Å². The number of ether oxygens (including phenoxy) is 2. The summed E-state index contributed by atoms with van der Waals surface area (Å²) in [5.41, 5.74) is 3.29. The van der Waals surface area contributed by atoms with Crippen molar-refractivity contribution < 1.29 is 9.47 Å². The normalized spacial score (nSPS) is 14.6. The fourth-order valence-corrected chi connectivity index (χ4v) is 3.58. The lowest BCUT2D eigenvalue weighted by Crippen LogP contribution is -2.31. The average molecular weight is 386 g/mol. The van der Waals surface area contributed by atoms with Crippen LogP contribution >= 0.6 is 12.2 Å². The molecule has 5 nitrogen and oxygen atoms in total. The van der Waals surface area contributed by atoms with Gasteiger partial charge in [0, 0.05) is 24.8 Å². The number of anilines is 2. The second kappa shape index (κ2) is 8.95. The molecule has 1 aliphatic heterocycles. The summed E-state index contributed by atoms with van der Waals surface area (Å²) in [6, 6.07) is 14.4. The molecule has 6 heteroatoms. The van der Waals surface area contributed by atoms with E-state index in [1.807, 2.05) is 18.2 Å². The van der Waals surface area contributed by atoms with Gasteiger partial charge in [0.15, 0.2) is 5.11 Å². The molecule has 0 saturated carbocycles. The molecule has 2 aromatic rings. The molecule has 2 aromatic carbocycles. The Morgan fingerprint density at radius 1 is 1.04 bits per heavy atom. The zero-order valence-corrected chi connectivity index (χ0v) is 16.9. The first-order chi connectivity index (χ1) is 13.1. The van der Waals surface area contributed by atoms with Gasteiger partial charge in [0.2, 0.25) is 0 Å². The monoisotopic (exact) mass is 385 g/mol. The highest BCUT2D eigenvalue weighted by molar-refractivity contribution is 7.80. The van der Waals surface area contributed by atoms with Gasteiger partial charge in [0.05, 0.1) is 25.9 Å². The van der Waals surface area contributed by atoms with E-state index in [4.69, 9.17) is 21.7 Å².